The van der Waals surface area contributed by atoms with Gasteiger partial charge in [-0.15, -0.1) is 0 Å². The van der Waals surface area contributed by atoms with Crippen molar-refractivity contribution in [2.24, 2.45) is 40.9 Å². The fraction of sp³-hybridized carbons (Fsp3) is 0.944. The van der Waals surface area contributed by atoms with Crippen LogP contribution in [0.25, 0.3) is 0 Å². The van der Waals surface area contributed by atoms with Gasteiger partial charge in [0, 0.05) is 12.8 Å². The molecule has 0 N–H and O–H groups in total. The number of esters is 2. The summed E-state index contributed by atoms with van der Waals surface area (Å²) in [7, 11) is 1.04. The molecule has 4 rings (SSSR count). The van der Waals surface area contributed by atoms with Crippen LogP contribution in [-0.2, 0) is 32.7 Å². The van der Waals surface area contributed by atoms with E-state index in [1.807, 2.05) is 21.1 Å². The van der Waals surface area contributed by atoms with E-state index in [0.717, 1.165) is 103 Å². The van der Waals surface area contributed by atoms with Gasteiger partial charge in [-0.05, 0) is 103 Å². The number of phosphoric ester groups is 1. The van der Waals surface area contributed by atoms with Crippen LogP contribution in [0.3, 0.4) is 0 Å². The van der Waals surface area contributed by atoms with Gasteiger partial charge < -0.3 is 27.9 Å². The molecule has 0 aromatic carbocycles. The molecule has 0 saturated carbocycles. The molecule has 0 bridgehead atoms. The monoisotopic (exact) mass is 781 g/mol. The summed E-state index contributed by atoms with van der Waals surface area (Å²) in [6.45, 7) is 3.83. The van der Waals surface area contributed by atoms with E-state index in [9.17, 15) is 19.0 Å². The number of carbonyl (C=O) groups is 2. The Morgan fingerprint density at radius 2 is 1.00 bits per heavy atom. The zero-order chi connectivity index (χ0) is 39.2. The molecule has 0 saturated heterocycles. The third-order valence-electron chi connectivity index (χ3n) is 10.3. The van der Waals surface area contributed by atoms with Crippen molar-refractivity contribution >= 4 is 19.8 Å². The molecule has 0 aromatic rings. The maximum atomic E-state index is 12.8. The summed E-state index contributed by atoms with van der Waals surface area (Å²) >= 11 is 0. The molecule has 0 radical (unpaired) electrons. The summed E-state index contributed by atoms with van der Waals surface area (Å²) in [5.41, 5.74) is -1.09. The molecule has 0 amide bonds. The van der Waals surface area contributed by atoms with Crippen LogP contribution in [0.1, 0.15) is 142 Å². The van der Waals surface area contributed by atoms with Gasteiger partial charge in [-0.1, -0.05) is 26.7 Å². The second-order valence-corrected chi connectivity index (χ2v) is 17.9. The van der Waals surface area contributed by atoms with Gasteiger partial charge in [-0.25, -0.2) is 0 Å². The molecule has 306 valence electrons. The summed E-state index contributed by atoms with van der Waals surface area (Å²) in [6, 6.07) is 0. The number of phosphoric acid groups is 1. The summed E-state index contributed by atoms with van der Waals surface area (Å²) < 4.78 is 33.9. The average Bonchev–Trinajstić information content (AvgIpc) is 3.93. The molecule has 17 nitrogen and oxygen atoms in total. The Morgan fingerprint density at radius 3 is 1.41 bits per heavy atom. The Morgan fingerprint density at radius 1 is 0.593 bits per heavy atom. The highest BCUT2D eigenvalue weighted by molar-refractivity contribution is 7.45. The molecular weight excluding hydrogens is 717 g/mol. The largest absolute Gasteiger partial charge is 0.756 e. The Kier molecular flexibility index (Phi) is 16.4. The first-order chi connectivity index (χ1) is 25.6. The molecule has 0 aliphatic carbocycles. The lowest BCUT2D eigenvalue weighted by atomic mass is 9.94. The van der Waals surface area contributed by atoms with Crippen LogP contribution >= 0.6 is 7.82 Å². The van der Waals surface area contributed by atoms with E-state index in [-0.39, 0.29) is 48.7 Å². The summed E-state index contributed by atoms with van der Waals surface area (Å²) in [5.74, 6) is -1.01. The Labute approximate surface area is 320 Å². The minimum absolute atomic E-state index is 0.0681. The molecule has 4 aliphatic heterocycles. The van der Waals surface area contributed by atoms with Crippen LogP contribution in [0.15, 0.2) is 40.9 Å². The fourth-order valence-electron chi connectivity index (χ4n) is 6.42. The Bertz CT molecular complexity index is 1380. The molecule has 2 atom stereocenters. The third kappa shape index (κ3) is 17.1. The molecule has 54 heavy (non-hydrogen) atoms. The second kappa shape index (κ2) is 20.0. The van der Waals surface area contributed by atoms with Gasteiger partial charge in [0.1, 0.15) is 19.8 Å². The highest BCUT2D eigenvalue weighted by atomic mass is 31.2. The van der Waals surface area contributed by atoms with Crippen LogP contribution in [-0.4, -0.2) is 92.7 Å². The SMILES string of the molecule is CCCCC1(CCCC2(CCCCC(=O)OCC(COP(=O)([O-])OCC[N+](C)(C)C)OC(=O)CCCCC3(CCCC4(CCCC)N=N4)N=N3)N=N2)N=N1. The average molecular weight is 782 g/mol. The number of unbranched alkanes of at least 4 members (excludes halogenated alkanes) is 4. The number of nitrogens with zero attached hydrogens (tertiary/aromatic N) is 9. The van der Waals surface area contributed by atoms with E-state index >= 15 is 0 Å². The first-order valence-electron chi connectivity index (χ1n) is 20.2. The smallest absolute Gasteiger partial charge is 0.306 e. The molecular formula is C36H64N9O8P. The van der Waals surface area contributed by atoms with Gasteiger partial charge in [-0.3, -0.25) is 14.2 Å². The Balaban J connectivity index is 1.13. The zero-order valence-corrected chi connectivity index (χ0v) is 34.2. The van der Waals surface area contributed by atoms with Crippen LogP contribution < -0.4 is 4.89 Å². The Hall–Kier alpha value is -2.59. The van der Waals surface area contributed by atoms with Crippen LogP contribution in [0.4, 0.5) is 0 Å². The summed E-state index contributed by atoms with van der Waals surface area (Å²) in [5, 5.41) is 34.3. The van der Waals surface area contributed by atoms with Gasteiger partial charge in [0.05, 0.1) is 27.7 Å². The van der Waals surface area contributed by atoms with E-state index < -0.39 is 32.5 Å². The fourth-order valence-corrected chi connectivity index (χ4v) is 7.15. The first-order valence-corrected chi connectivity index (χ1v) is 21.6. The van der Waals surface area contributed by atoms with Crippen molar-refractivity contribution in [1.82, 2.24) is 0 Å². The van der Waals surface area contributed by atoms with Crippen LogP contribution in [0, 0.1) is 0 Å². The van der Waals surface area contributed by atoms with Crippen LogP contribution in [0.2, 0.25) is 0 Å². The van der Waals surface area contributed by atoms with Crippen molar-refractivity contribution < 1.29 is 42.1 Å². The minimum atomic E-state index is -4.69. The van der Waals surface area contributed by atoms with Crippen molar-refractivity contribution in [1.29, 1.82) is 0 Å². The molecule has 2 unspecified atom stereocenters. The van der Waals surface area contributed by atoms with Gasteiger partial charge in [0.15, 0.2) is 28.8 Å². The molecule has 0 spiro atoms. The number of hydrogen-bond donors (Lipinski definition) is 0. The van der Waals surface area contributed by atoms with E-state index in [1.54, 1.807) is 0 Å². The lowest BCUT2D eigenvalue weighted by molar-refractivity contribution is -0.870. The highest BCUT2D eigenvalue weighted by Crippen LogP contribution is 2.45. The standard InChI is InChI=1S/C36H64N9O8P/c1-6-8-18-33(37-38-33)22-14-24-35(41-42-35)20-12-10-16-31(46)50-28-30(29-52-54(48,49)51-27-26-45(3,4)5)53-32(47)17-11-13-21-36(43-44-36)25-15-23-34(39-40-34)19-9-7-2/h30H,6-29H2,1-5H3. The van der Waals surface area contributed by atoms with Crippen molar-refractivity contribution in [2.75, 3.05) is 47.5 Å². The van der Waals surface area contributed by atoms with Crippen LogP contribution in [0.5, 0.6) is 0 Å². The summed E-state index contributed by atoms with van der Waals surface area (Å²) in [4.78, 5) is 37.9. The van der Waals surface area contributed by atoms with Gasteiger partial charge in [0.25, 0.3) is 7.82 Å². The number of quaternary nitrogens is 1. The highest BCUT2D eigenvalue weighted by Gasteiger charge is 2.44. The van der Waals surface area contributed by atoms with E-state index in [2.05, 4.69) is 54.8 Å². The lowest BCUT2D eigenvalue weighted by Crippen LogP contribution is -2.37. The third-order valence-corrected chi connectivity index (χ3v) is 11.2. The molecule has 18 heteroatoms. The van der Waals surface area contributed by atoms with Gasteiger partial charge in [0.2, 0.25) is 0 Å². The van der Waals surface area contributed by atoms with Gasteiger partial charge in [-0.2, -0.15) is 40.9 Å². The lowest BCUT2D eigenvalue weighted by Gasteiger charge is -2.28. The number of rotatable bonds is 34. The normalized spacial score (nSPS) is 20.3. The number of carbonyl (C=O) groups excluding carboxylic acids is 2. The molecule has 0 aromatic heterocycles. The van der Waals surface area contributed by atoms with Crippen molar-refractivity contribution in [3.05, 3.63) is 0 Å². The molecule has 0 fully saturated rings. The quantitative estimate of drug-likeness (QED) is 0.0268. The topological polar surface area (TPSA) is 210 Å². The second-order valence-electron chi connectivity index (χ2n) is 16.4. The van der Waals surface area contributed by atoms with Crippen molar-refractivity contribution in [2.45, 2.75) is 171 Å². The minimum Gasteiger partial charge on any atom is -0.756 e. The maximum absolute atomic E-state index is 12.8. The van der Waals surface area contributed by atoms with Crippen molar-refractivity contribution in [3.8, 4) is 0 Å². The number of hydrogen-bond acceptors (Lipinski definition) is 16. The molecule has 4 aliphatic rings. The van der Waals surface area contributed by atoms with E-state index in [0.29, 0.717) is 23.9 Å². The first kappa shape index (κ1) is 44.1. The maximum Gasteiger partial charge on any atom is 0.306 e. The number of likely N-dealkylation sites (N-methyl/N-ethyl adjacent to an activating group) is 1. The predicted molar refractivity (Wildman–Crippen MR) is 197 cm³/mol. The zero-order valence-electron chi connectivity index (χ0n) is 33.3. The predicted octanol–water partition coefficient (Wildman–Crippen LogP) is 8.14. The molecule has 4 heterocycles. The van der Waals surface area contributed by atoms with E-state index in [1.165, 1.54) is 0 Å². The summed E-state index contributed by atoms with van der Waals surface area (Å²) in [6.07, 6.45) is 15.1. The van der Waals surface area contributed by atoms with Crippen molar-refractivity contribution in [3.63, 3.8) is 0 Å². The van der Waals surface area contributed by atoms with E-state index in [4.69, 9.17) is 18.5 Å². The number of ether oxygens (including phenoxy) is 2. The van der Waals surface area contributed by atoms with Gasteiger partial charge >= 0.3 is 11.9 Å².